The van der Waals surface area contributed by atoms with Crippen molar-refractivity contribution in [1.29, 1.82) is 0 Å². The number of hydrogen-bond acceptors (Lipinski definition) is 4. The fourth-order valence-corrected chi connectivity index (χ4v) is 4.35. The zero-order valence-electron chi connectivity index (χ0n) is 14.5. The van der Waals surface area contributed by atoms with Gasteiger partial charge in [-0.3, -0.25) is 14.4 Å². The van der Waals surface area contributed by atoms with Gasteiger partial charge >= 0.3 is 5.97 Å². The third kappa shape index (κ3) is 2.26. The lowest BCUT2D eigenvalue weighted by molar-refractivity contribution is -0.148. The van der Waals surface area contributed by atoms with E-state index >= 15 is 0 Å². The number of fused-ring (bicyclic) bond motifs is 1. The van der Waals surface area contributed by atoms with Gasteiger partial charge in [0.15, 0.2) is 5.78 Å². The first-order valence-electron chi connectivity index (χ1n) is 8.08. The number of aromatic amines is 1. The van der Waals surface area contributed by atoms with Crippen LogP contribution in [0, 0.1) is 25.2 Å². The molecule has 7 heteroatoms. The molecule has 1 amide bonds. The summed E-state index contributed by atoms with van der Waals surface area (Å²) in [4.78, 5) is 43.2. The van der Waals surface area contributed by atoms with E-state index < -0.39 is 11.4 Å². The number of likely N-dealkylation sites (tertiary alicyclic amines) is 2. The highest BCUT2D eigenvalue weighted by atomic mass is 16.4. The number of hydrogen-bond donors (Lipinski definition) is 2. The number of nitrogens with zero attached hydrogens (tertiary/aromatic N) is 2. The largest absolute Gasteiger partial charge is 0.481 e. The maximum atomic E-state index is 13.0. The van der Waals surface area contributed by atoms with E-state index in [0.29, 0.717) is 42.1 Å². The molecule has 0 aromatic carbocycles. The van der Waals surface area contributed by atoms with Gasteiger partial charge in [-0.15, -0.1) is 0 Å². The van der Waals surface area contributed by atoms with E-state index in [1.807, 2.05) is 11.9 Å². The summed E-state index contributed by atoms with van der Waals surface area (Å²) in [6.07, 6.45) is 0. The fraction of sp³-hybridized carbons (Fsp3) is 0.588. The predicted molar refractivity (Wildman–Crippen MR) is 87.2 cm³/mol. The normalized spacial score (nSPS) is 26.7. The lowest BCUT2D eigenvalue weighted by atomic mass is 9.81. The number of nitrogens with one attached hydrogen (secondary N) is 1. The predicted octanol–water partition coefficient (Wildman–Crippen LogP) is 0.923. The summed E-state index contributed by atoms with van der Waals surface area (Å²) < 4.78 is 0. The van der Waals surface area contributed by atoms with Gasteiger partial charge in [0.1, 0.15) is 5.41 Å². The molecule has 2 atom stereocenters. The Morgan fingerprint density at radius 3 is 2.38 bits per heavy atom. The van der Waals surface area contributed by atoms with Crippen LogP contribution in [-0.4, -0.2) is 70.8 Å². The van der Waals surface area contributed by atoms with Crippen LogP contribution in [-0.2, 0) is 4.79 Å². The van der Waals surface area contributed by atoms with Crippen molar-refractivity contribution in [2.24, 2.45) is 11.3 Å². The standard InChI is InChI=1S/C17H23N3O4/c1-9-13(10(2)18-14(9)11(3)21)15(22)20-6-12-5-19(4)7-17(12,8-20)16(23)24/h12,18H,5-8H2,1-4H3,(H,23,24)/t12-,17-/m0/s1. The molecule has 0 radical (unpaired) electrons. The van der Waals surface area contributed by atoms with E-state index in [4.69, 9.17) is 0 Å². The summed E-state index contributed by atoms with van der Waals surface area (Å²) in [7, 11) is 1.91. The Hall–Kier alpha value is -2.15. The second kappa shape index (κ2) is 5.44. The molecule has 1 aromatic heterocycles. The van der Waals surface area contributed by atoms with Crippen LogP contribution in [0.3, 0.4) is 0 Å². The third-order valence-corrected chi connectivity index (χ3v) is 5.50. The van der Waals surface area contributed by atoms with Crippen molar-refractivity contribution in [2.45, 2.75) is 20.8 Å². The minimum absolute atomic E-state index is 0.0595. The molecule has 2 N–H and O–H groups in total. The van der Waals surface area contributed by atoms with Crippen LogP contribution in [0.25, 0.3) is 0 Å². The molecule has 0 bridgehead atoms. The molecule has 2 saturated heterocycles. The SMILES string of the molecule is CC(=O)c1[nH]c(C)c(C(=O)N2C[C@@H]3CN(C)C[C@]3(C(=O)O)C2)c1C. The van der Waals surface area contributed by atoms with Crippen LogP contribution < -0.4 is 0 Å². The van der Waals surface area contributed by atoms with Gasteiger partial charge in [0, 0.05) is 44.7 Å². The number of carboxylic acids is 1. The summed E-state index contributed by atoms with van der Waals surface area (Å²) in [5, 5.41) is 9.73. The summed E-state index contributed by atoms with van der Waals surface area (Å²) in [6.45, 7) is 6.78. The lowest BCUT2D eigenvalue weighted by Gasteiger charge is -2.24. The monoisotopic (exact) mass is 333 g/mol. The molecule has 0 saturated carbocycles. The number of H-pyrrole nitrogens is 1. The molecule has 1 aromatic rings. The first kappa shape index (κ1) is 16.7. The minimum atomic E-state index is -0.883. The van der Waals surface area contributed by atoms with E-state index in [9.17, 15) is 19.5 Å². The number of amides is 1. The number of carboxylic acid groups (broad SMARTS) is 1. The zero-order valence-corrected chi connectivity index (χ0v) is 14.5. The summed E-state index contributed by atoms with van der Waals surface area (Å²) in [5.74, 6) is -1.20. The lowest BCUT2D eigenvalue weighted by Crippen LogP contribution is -2.41. The van der Waals surface area contributed by atoms with Crippen LogP contribution in [0.5, 0.6) is 0 Å². The van der Waals surface area contributed by atoms with Crippen LogP contribution in [0.4, 0.5) is 0 Å². The van der Waals surface area contributed by atoms with E-state index in [1.54, 1.807) is 18.7 Å². The first-order chi connectivity index (χ1) is 11.2. The van der Waals surface area contributed by atoms with Gasteiger partial charge in [0.25, 0.3) is 5.91 Å². The van der Waals surface area contributed by atoms with Gasteiger partial charge < -0.3 is 19.9 Å². The molecule has 130 valence electrons. The van der Waals surface area contributed by atoms with Crippen LogP contribution in [0.2, 0.25) is 0 Å². The van der Waals surface area contributed by atoms with Crippen LogP contribution in [0.1, 0.15) is 39.0 Å². The summed E-state index contributed by atoms with van der Waals surface area (Å²) >= 11 is 0. The van der Waals surface area contributed by atoms with Gasteiger partial charge in [-0.05, 0) is 26.5 Å². The summed E-state index contributed by atoms with van der Waals surface area (Å²) in [5.41, 5.74) is 1.35. The molecule has 0 spiro atoms. The highest BCUT2D eigenvalue weighted by Gasteiger charge is 2.58. The third-order valence-electron chi connectivity index (χ3n) is 5.50. The number of aliphatic carboxylic acids is 1. The molecule has 3 rings (SSSR count). The Labute approximate surface area is 140 Å². The van der Waals surface area contributed by atoms with Crippen molar-refractivity contribution in [3.8, 4) is 0 Å². The van der Waals surface area contributed by atoms with Crippen molar-refractivity contribution < 1.29 is 19.5 Å². The van der Waals surface area contributed by atoms with E-state index in [1.165, 1.54) is 6.92 Å². The average Bonchev–Trinajstić information content (AvgIpc) is 3.07. The molecule has 7 nitrogen and oxygen atoms in total. The fourth-order valence-electron chi connectivity index (χ4n) is 4.35. The van der Waals surface area contributed by atoms with Crippen molar-refractivity contribution >= 4 is 17.7 Å². The topological polar surface area (TPSA) is 93.7 Å². The van der Waals surface area contributed by atoms with Crippen LogP contribution >= 0.6 is 0 Å². The molecule has 3 heterocycles. The van der Waals surface area contributed by atoms with Crippen molar-refractivity contribution in [3.05, 3.63) is 22.5 Å². The number of aromatic nitrogens is 1. The average molecular weight is 333 g/mol. The molecule has 2 aliphatic rings. The van der Waals surface area contributed by atoms with Crippen molar-refractivity contribution in [3.63, 3.8) is 0 Å². The Balaban J connectivity index is 1.91. The molecule has 2 fully saturated rings. The van der Waals surface area contributed by atoms with Gasteiger partial charge in [-0.25, -0.2) is 0 Å². The number of ketones is 1. The van der Waals surface area contributed by atoms with Gasteiger partial charge in [-0.1, -0.05) is 0 Å². The molecular weight excluding hydrogens is 310 g/mol. The highest BCUT2D eigenvalue weighted by Crippen LogP contribution is 2.43. The molecule has 2 aliphatic heterocycles. The van der Waals surface area contributed by atoms with E-state index in [0.717, 1.165) is 0 Å². The number of aryl methyl sites for hydroxylation is 1. The Kier molecular flexibility index (Phi) is 3.79. The maximum Gasteiger partial charge on any atom is 0.313 e. The minimum Gasteiger partial charge on any atom is -0.481 e. The van der Waals surface area contributed by atoms with E-state index in [2.05, 4.69) is 4.98 Å². The number of carbonyl (C=O) groups is 3. The number of rotatable bonds is 3. The second-order valence-electron chi connectivity index (χ2n) is 7.22. The van der Waals surface area contributed by atoms with Crippen molar-refractivity contribution in [2.75, 3.05) is 33.2 Å². The van der Waals surface area contributed by atoms with Crippen molar-refractivity contribution in [1.82, 2.24) is 14.8 Å². The number of Topliss-reactive ketones (excluding diaryl/α,β-unsaturated/α-hetero) is 1. The zero-order chi connectivity index (χ0) is 17.8. The number of carbonyl (C=O) groups excluding carboxylic acids is 2. The second-order valence-corrected chi connectivity index (χ2v) is 7.22. The van der Waals surface area contributed by atoms with Gasteiger partial charge in [-0.2, -0.15) is 0 Å². The van der Waals surface area contributed by atoms with Gasteiger partial charge in [0.05, 0.1) is 11.3 Å². The molecular formula is C17H23N3O4. The summed E-state index contributed by atoms with van der Waals surface area (Å²) in [6, 6.07) is 0. The quantitative estimate of drug-likeness (QED) is 0.803. The first-order valence-corrected chi connectivity index (χ1v) is 8.08. The Morgan fingerprint density at radius 2 is 1.88 bits per heavy atom. The Bertz CT molecular complexity index is 738. The smallest absolute Gasteiger partial charge is 0.313 e. The van der Waals surface area contributed by atoms with Crippen LogP contribution in [0.15, 0.2) is 0 Å². The van der Waals surface area contributed by atoms with E-state index in [-0.39, 0.29) is 24.2 Å². The van der Waals surface area contributed by atoms with Gasteiger partial charge in [0.2, 0.25) is 0 Å². The Morgan fingerprint density at radius 1 is 1.21 bits per heavy atom. The highest BCUT2D eigenvalue weighted by molar-refractivity contribution is 6.03. The molecule has 24 heavy (non-hydrogen) atoms. The molecule has 0 unspecified atom stereocenters. The maximum absolute atomic E-state index is 13.0. The molecule has 0 aliphatic carbocycles.